The van der Waals surface area contributed by atoms with Crippen LogP contribution >= 0.6 is 11.8 Å². The van der Waals surface area contributed by atoms with Gasteiger partial charge in [-0.3, -0.25) is 4.79 Å². The molecule has 2 rings (SSSR count). The van der Waals surface area contributed by atoms with Gasteiger partial charge < -0.3 is 10.0 Å². The Bertz CT molecular complexity index is 357. The molecule has 1 fully saturated rings. The highest BCUT2D eigenvalue weighted by Gasteiger charge is 2.28. The SMILES string of the molecule is CC(=O)N1CC(Sc2ccc(O)cc2)C1. The number of phenols is 1. The number of nitrogens with zero attached hydrogens (tertiary/aromatic N) is 1. The smallest absolute Gasteiger partial charge is 0.219 e. The Labute approximate surface area is 93.1 Å². The molecule has 1 aliphatic rings. The minimum Gasteiger partial charge on any atom is -0.508 e. The van der Waals surface area contributed by atoms with Crippen molar-refractivity contribution in [3.05, 3.63) is 24.3 Å². The lowest BCUT2D eigenvalue weighted by atomic mass is 10.2. The fourth-order valence-corrected chi connectivity index (χ4v) is 2.67. The van der Waals surface area contributed by atoms with Crippen molar-refractivity contribution in [2.75, 3.05) is 13.1 Å². The van der Waals surface area contributed by atoms with E-state index in [1.807, 2.05) is 17.0 Å². The van der Waals surface area contributed by atoms with E-state index in [4.69, 9.17) is 5.11 Å². The van der Waals surface area contributed by atoms with E-state index < -0.39 is 0 Å². The van der Waals surface area contributed by atoms with Crippen LogP contribution < -0.4 is 0 Å². The van der Waals surface area contributed by atoms with Gasteiger partial charge in [-0.2, -0.15) is 0 Å². The molecule has 3 nitrogen and oxygen atoms in total. The maximum absolute atomic E-state index is 11.0. The third-order valence-corrected chi connectivity index (χ3v) is 3.61. The Hall–Kier alpha value is -1.16. The third-order valence-electron chi connectivity index (χ3n) is 2.43. The minimum absolute atomic E-state index is 0.151. The summed E-state index contributed by atoms with van der Waals surface area (Å²) < 4.78 is 0. The van der Waals surface area contributed by atoms with Gasteiger partial charge in [-0.15, -0.1) is 11.8 Å². The molecule has 0 saturated carbocycles. The molecule has 0 bridgehead atoms. The van der Waals surface area contributed by atoms with Crippen LogP contribution in [0.25, 0.3) is 0 Å². The molecule has 0 unspecified atom stereocenters. The van der Waals surface area contributed by atoms with Gasteiger partial charge in [0.05, 0.1) is 0 Å². The Balaban J connectivity index is 1.85. The zero-order valence-electron chi connectivity index (χ0n) is 8.51. The number of likely N-dealkylation sites (tertiary alicyclic amines) is 1. The number of carbonyl (C=O) groups excluding carboxylic acids is 1. The number of hydrogen-bond donors (Lipinski definition) is 1. The highest BCUT2D eigenvalue weighted by molar-refractivity contribution is 8.00. The average molecular weight is 223 g/mol. The van der Waals surface area contributed by atoms with Crippen molar-refractivity contribution in [1.82, 2.24) is 4.90 Å². The van der Waals surface area contributed by atoms with E-state index in [1.54, 1.807) is 30.8 Å². The van der Waals surface area contributed by atoms with E-state index in [1.165, 1.54) is 0 Å². The first kappa shape index (κ1) is 10.4. The van der Waals surface area contributed by atoms with Gasteiger partial charge in [0, 0.05) is 30.2 Å². The molecule has 0 spiro atoms. The molecule has 0 aliphatic carbocycles. The summed E-state index contributed by atoms with van der Waals surface area (Å²) in [5.41, 5.74) is 0. The molecule has 4 heteroatoms. The fourth-order valence-electron chi connectivity index (χ4n) is 1.49. The predicted molar refractivity (Wildman–Crippen MR) is 60.0 cm³/mol. The molecule has 80 valence electrons. The lowest BCUT2D eigenvalue weighted by Crippen LogP contribution is -2.51. The van der Waals surface area contributed by atoms with Crippen LogP contribution in [0.1, 0.15) is 6.92 Å². The van der Waals surface area contributed by atoms with Crippen molar-refractivity contribution >= 4 is 17.7 Å². The van der Waals surface area contributed by atoms with Gasteiger partial charge in [0.2, 0.25) is 5.91 Å². The summed E-state index contributed by atoms with van der Waals surface area (Å²) in [5, 5.41) is 9.61. The molecular weight excluding hydrogens is 210 g/mol. The van der Waals surface area contributed by atoms with Gasteiger partial charge >= 0.3 is 0 Å². The molecule has 1 aliphatic heterocycles. The normalized spacial score (nSPS) is 16.2. The number of rotatable bonds is 2. The summed E-state index contributed by atoms with van der Waals surface area (Å²) in [7, 11) is 0. The summed E-state index contributed by atoms with van der Waals surface area (Å²) >= 11 is 1.76. The highest BCUT2D eigenvalue weighted by Crippen LogP contribution is 2.30. The van der Waals surface area contributed by atoms with Crippen LogP contribution in [0.5, 0.6) is 5.75 Å². The van der Waals surface area contributed by atoms with Gasteiger partial charge in [-0.1, -0.05) is 0 Å². The number of benzene rings is 1. The van der Waals surface area contributed by atoms with E-state index in [9.17, 15) is 4.79 Å². The second-order valence-electron chi connectivity index (χ2n) is 3.66. The van der Waals surface area contributed by atoms with Crippen LogP contribution in [0.4, 0.5) is 0 Å². The Morgan fingerprint density at radius 1 is 1.40 bits per heavy atom. The maximum Gasteiger partial charge on any atom is 0.219 e. The molecule has 0 radical (unpaired) electrons. The van der Waals surface area contributed by atoms with Crippen LogP contribution in [0, 0.1) is 0 Å². The molecule has 1 amide bonds. The first-order valence-corrected chi connectivity index (χ1v) is 5.74. The van der Waals surface area contributed by atoms with Crippen LogP contribution in [0.15, 0.2) is 29.2 Å². The van der Waals surface area contributed by atoms with Crippen molar-refractivity contribution in [2.24, 2.45) is 0 Å². The second kappa shape index (κ2) is 4.14. The van der Waals surface area contributed by atoms with Crippen LogP contribution in [0.2, 0.25) is 0 Å². The Kier molecular flexibility index (Phi) is 2.86. The second-order valence-corrected chi connectivity index (χ2v) is 5.03. The summed E-state index contributed by atoms with van der Waals surface area (Å²) in [4.78, 5) is 13.9. The zero-order chi connectivity index (χ0) is 10.8. The van der Waals surface area contributed by atoms with Gasteiger partial charge in [0.1, 0.15) is 5.75 Å². The van der Waals surface area contributed by atoms with Gasteiger partial charge in [0.25, 0.3) is 0 Å². The standard InChI is InChI=1S/C11H13NO2S/c1-8(13)12-6-11(7-12)15-10-4-2-9(14)3-5-10/h2-5,11,14H,6-7H2,1H3. The fraction of sp³-hybridized carbons (Fsp3) is 0.364. The summed E-state index contributed by atoms with van der Waals surface area (Å²) in [6.45, 7) is 3.27. The highest BCUT2D eigenvalue weighted by atomic mass is 32.2. The first-order valence-electron chi connectivity index (χ1n) is 4.86. The van der Waals surface area contributed by atoms with Crippen molar-refractivity contribution in [3.8, 4) is 5.75 Å². The maximum atomic E-state index is 11.0. The zero-order valence-corrected chi connectivity index (χ0v) is 9.33. The molecule has 1 aromatic rings. The molecular formula is C11H13NO2S. The lowest BCUT2D eigenvalue weighted by molar-refractivity contribution is -0.131. The molecule has 1 heterocycles. The van der Waals surface area contributed by atoms with E-state index in [-0.39, 0.29) is 5.91 Å². The Morgan fingerprint density at radius 2 is 2.00 bits per heavy atom. The number of aromatic hydroxyl groups is 1. The van der Waals surface area contributed by atoms with E-state index in [2.05, 4.69) is 0 Å². The van der Waals surface area contributed by atoms with E-state index in [0.717, 1.165) is 18.0 Å². The third kappa shape index (κ3) is 2.45. The number of hydrogen-bond acceptors (Lipinski definition) is 3. The molecule has 0 aromatic heterocycles. The van der Waals surface area contributed by atoms with E-state index >= 15 is 0 Å². The average Bonchev–Trinajstić information content (AvgIpc) is 2.13. The number of carbonyl (C=O) groups is 1. The van der Waals surface area contributed by atoms with Gasteiger partial charge in [-0.25, -0.2) is 0 Å². The first-order chi connectivity index (χ1) is 7.15. The van der Waals surface area contributed by atoms with Gasteiger partial charge in [-0.05, 0) is 24.3 Å². The quantitative estimate of drug-likeness (QED) is 0.830. The molecule has 1 aromatic carbocycles. The predicted octanol–water partition coefficient (Wildman–Crippen LogP) is 1.71. The molecule has 15 heavy (non-hydrogen) atoms. The minimum atomic E-state index is 0.151. The van der Waals surface area contributed by atoms with Gasteiger partial charge in [0.15, 0.2) is 0 Å². The Morgan fingerprint density at radius 3 is 2.53 bits per heavy atom. The topological polar surface area (TPSA) is 40.5 Å². The lowest BCUT2D eigenvalue weighted by Gasteiger charge is -2.38. The summed E-state index contributed by atoms with van der Waals surface area (Å²) in [6, 6.07) is 7.17. The molecule has 1 saturated heterocycles. The molecule has 1 N–H and O–H groups in total. The summed E-state index contributed by atoms with van der Waals surface area (Å²) in [5.74, 6) is 0.441. The van der Waals surface area contributed by atoms with Crippen molar-refractivity contribution in [2.45, 2.75) is 17.1 Å². The number of thioether (sulfide) groups is 1. The van der Waals surface area contributed by atoms with E-state index in [0.29, 0.717) is 11.0 Å². The number of amides is 1. The largest absolute Gasteiger partial charge is 0.508 e. The van der Waals surface area contributed by atoms with Crippen molar-refractivity contribution in [1.29, 1.82) is 0 Å². The molecule has 0 atom stereocenters. The van der Waals surface area contributed by atoms with Crippen molar-refractivity contribution in [3.63, 3.8) is 0 Å². The van der Waals surface area contributed by atoms with Crippen LogP contribution in [-0.2, 0) is 4.79 Å². The number of phenolic OH excluding ortho intramolecular Hbond substituents is 1. The van der Waals surface area contributed by atoms with Crippen LogP contribution in [-0.4, -0.2) is 34.3 Å². The van der Waals surface area contributed by atoms with Crippen LogP contribution in [0.3, 0.4) is 0 Å². The monoisotopic (exact) mass is 223 g/mol. The van der Waals surface area contributed by atoms with Crippen molar-refractivity contribution < 1.29 is 9.90 Å². The summed E-state index contributed by atoms with van der Waals surface area (Å²) in [6.07, 6.45) is 0.